The molecule has 6 nitrogen and oxygen atoms in total. The Bertz CT molecular complexity index is 697. The lowest BCUT2D eigenvalue weighted by molar-refractivity contribution is 0.0601. The van der Waals surface area contributed by atoms with Gasteiger partial charge in [-0.15, -0.1) is 0 Å². The third-order valence-corrected chi connectivity index (χ3v) is 3.43. The van der Waals surface area contributed by atoms with E-state index in [4.69, 9.17) is 11.6 Å². The molecular formula is C15H16ClN3O3. The van der Waals surface area contributed by atoms with E-state index in [0.29, 0.717) is 12.2 Å². The lowest BCUT2D eigenvalue weighted by Crippen LogP contribution is -2.28. The largest absolute Gasteiger partial charge is 0.465 e. The summed E-state index contributed by atoms with van der Waals surface area (Å²) in [7, 11) is 3.18. The summed E-state index contributed by atoms with van der Waals surface area (Å²) in [5.41, 5.74) is 1.72. The molecule has 0 radical (unpaired) electrons. The van der Waals surface area contributed by atoms with Gasteiger partial charge in [-0.3, -0.25) is 0 Å². The molecule has 0 bridgehead atoms. The summed E-state index contributed by atoms with van der Waals surface area (Å²) < 4.78 is 6.52. The van der Waals surface area contributed by atoms with Crippen LogP contribution in [0.1, 0.15) is 16.1 Å². The minimum Gasteiger partial charge on any atom is -0.465 e. The second-order valence-electron chi connectivity index (χ2n) is 4.60. The minimum atomic E-state index is -0.523. The first-order valence-corrected chi connectivity index (χ1v) is 6.92. The Hall–Kier alpha value is -2.47. The van der Waals surface area contributed by atoms with Crippen LogP contribution in [0.3, 0.4) is 0 Å². The molecule has 0 saturated carbocycles. The summed E-state index contributed by atoms with van der Waals surface area (Å²) >= 11 is 5.99. The fourth-order valence-corrected chi connectivity index (χ4v) is 2.15. The number of urea groups is 1. The number of anilines is 1. The number of amides is 2. The molecule has 0 saturated heterocycles. The number of nitrogens with one attached hydrogen (secondary N) is 2. The number of rotatable bonds is 4. The van der Waals surface area contributed by atoms with Gasteiger partial charge in [0.25, 0.3) is 0 Å². The molecule has 0 unspecified atom stereocenters. The first-order chi connectivity index (χ1) is 10.5. The molecule has 116 valence electrons. The summed E-state index contributed by atoms with van der Waals surface area (Å²) in [5.74, 6) is -0.523. The van der Waals surface area contributed by atoms with E-state index < -0.39 is 5.97 Å². The zero-order valence-electron chi connectivity index (χ0n) is 12.2. The number of methoxy groups -OCH3 is 1. The van der Waals surface area contributed by atoms with Crippen molar-refractivity contribution in [1.82, 2.24) is 9.88 Å². The number of aromatic nitrogens is 1. The van der Waals surface area contributed by atoms with Crippen molar-refractivity contribution in [3.63, 3.8) is 0 Å². The second-order valence-corrected chi connectivity index (χ2v) is 5.01. The van der Waals surface area contributed by atoms with E-state index in [0.717, 1.165) is 5.69 Å². The molecule has 0 aliphatic carbocycles. The van der Waals surface area contributed by atoms with Crippen LogP contribution in [0, 0.1) is 0 Å². The lowest BCUT2D eigenvalue weighted by atomic mass is 10.2. The molecule has 2 amide bonds. The molecule has 7 heteroatoms. The van der Waals surface area contributed by atoms with E-state index in [1.54, 1.807) is 6.07 Å². The third kappa shape index (κ3) is 3.79. The van der Waals surface area contributed by atoms with Crippen molar-refractivity contribution in [1.29, 1.82) is 0 Å². The molecule has 1 heterocycles. The molecule has 22 heavy (non-hydrogen) atoms. The summed E-state index contributed by atoms with van der Waals surface area (Å²) in [4.78, 5) is 23.3. The van der Waals surface area contributed by atoms with Crippen LogP contribution < -0.4 is 10.6 Å². The predicted octanol–water partition coefficient (Wildman–Crippen LogP) is 2.79. The van der Waals surface area contributed by atoms with Gasteiger partial charge in [-0.25, -0.2) is 9.59 Å². The number of carbonyl (C=O) groups excluding carboxylic acids is 2. The first-order valence-electron chi connectivity index (χ1n) is 6.54. The summed E-state index contributed by atoms with van der Waals surface area (Å²) in [6.45, 7) is 0.406. The SMILES string of the molecule is COC(=O)c1ccc(NC(=O)NCc2cccn2C)cc1Cl. The zero-order chi connectivity index (χ0) is 16.1. The molecule has 2 N–H and O–H groups in total. The number of carbonyl (C=O) groups is 2. The fraction of sp³-hybridized carbons (Fsp3) is 0.200. The maximum atomic E-state index is 11.8. The highest BCUT2D eigenvalue weighted by molar-refractivity contribution is 6.33. The van der Waals surface area contributed by atoms with Crippen LogP contribution in [-0.2, 0) is 18.3 Å². The van der Waals surface area contributed by atoms with Crippen LogP contribution in [0.2, 0.25) is 5.02 Å². The minimum absolute atomic E-state index is 0.215. The predicted molar refractivity (Wildman–Crippen MR) is 84.1 cm³/mol. The van der Waals surface area contributed by atoms with E-state index >= 15 is 0 Å². The van der Waals surface area contributed by atoms with Gasteiger partial charge in [-0.05, 0) is 30.3 Å². The molecule has 0 fully saturated rings. The molecule has 1 aromatic carbocycles. The number of benzene rings is 1. The maximum absolute atomic E-state index is 11.8. The quantitative estimate of drug-likeness (QED) is 0.850. The van der Waals surface area contributed by atoms with Crippen LogP contribution in [0.4, 0.5) is 10.5 Å². The number of hydrogen-bond acceptors (Lipinski definition) is 3. The van der Waals surface area contributed by atoms with E-state index in [1.807, 2.05) is 29.9 Å². The molecule has 2 aromatic rings. The number of halogens is 1. The molecular weight excluding hydrogens is 306 g/mol. The van der Waals surface area contributed by atoms with Crippen molar-refractivity contribution >= 4 is 29.3 Å². The normalized spacial score (nSPS) is 10.1. The maximum Gasteiger partial charge on any atom is 0.339 e. The standard InChI is InChI=1S/C15H16ClN3O3/c1-19-7-3-4-11(19)9-17-15(21)18-10-5-6-12(13(16)8-10)14(20)22-2/h3-8H,9H2,1-2H3,(H2,17,18,21). The van der Waals surface area contributed by atoms with Gasteiger partial charge in [0.2, 0.25) is 0 Å². The van der Waals surface area contributed by atoms with Gasteiger partial charge in [-0.1, -0.05) is 11.6 Å². The lowest BCUT2D eigenvalue weighted by Gasteiger charge is -2.10. The van der Waals surface area contributed by atoms with Crippen molar-refractivity contribution in [2.45, 2.75) is 6.54 Å². The van der Waals surface area contributed by atoms with Gasteiger partial charge in [0, 0.05) is 24.6 Å². The zero-order valence-corrected chi connectivity index (χ0v) is 13.0. The molecule has 0 spiro atoms. The third-order valence-electron chi connectivity index (χ3n) is 3.11. The smallest absolute Gasteiger partial charge is 0.339 e. The van der Waals surface area contributed by atoms with Crippen LogP contribution in [0.15, 0.2) is 36.5 Å². The molecule has 0 aliphatic rings. The fourth-order valence-electron chi connectivity index (χ4n) is 1.89. The van der Waals surface area contributed by atoms with Crippen molar-refractivity contribution < 1.29 is 14.3 Å². The summed E-state index contributed by atoms with van der Waals surface area (Å²) in [6.07, 6.45) is 1.90. The number of nitrogens with zero attached hydrogens (tertiary/aromatic N) is 1. The highest BCUT2D eigenvalue weighted by Crippen LogP contribution is 2.21. The van der Waals surface area contributed by atoms with E-state index in [9.17, 15) is 9.59 Å². The average Bonchev–Trinajstić information content (AvgIpc) is 2.90. The van der Waals surface area contributed by atoms with E-state index in [1.165, 1.54) is 19.2 Å². The Morgan fingerprint density at radius 3 is 2.68 bits per heavy atom. The Kier molecular flexibility index (Phi) is 5.06. The molecule has 0 atom stereocenters. The van der Waals surface area contributed by atoms with Gasteiger partial charge in [0.15, 0.2) is 0 Å². The number of hydrogen-bond donors (Lipinski definition) is 2. The van der Waals surface area contributed by atoms with Crippen LogP contribution in [-0.4, -0.2) is 23.7 Å². The highest BCUT2D eigenvalue weighted by atomic mass is 35.5. The van der Waals surface area contributed by atoms with Crippen molar-refractivity contribution in [2.24, 2.45) is 7.05 Å². The van der Waals surface area contributed by atoms with Crippen LogP contribution in [0.5, 0.6) is 0 Å². The second kappa shape index (κ2) is 7.00. The van der Waals surface area contributed by atoms with E-state index in [-0.39, 0.29) is 16.6 Å². The summed E-state index contributed by atoms with van der Waals surface area (Å²) in [6, 6.07) is 8.04. The summed E-state index contributed by atoms with van der Waals surface area (Å²) in [5, 5.41) is 5.60. The Morgan fingerprint density at radius 1 is 1.32 bits per heavy atom. The number of ether oxygens (including phenoxy) is 1. The first kappa shape index (κ1) is 15.9. The monoisotopic (exact) mass is 321 g/mol. The number of aryl methyl sites for hydroxylation is 1. The number of esters is 1. The Morgan fingerprint density at radius 2 is 2.09 bits per heavy atom. The average molecular weight is 322 g/mol. The Balaban J connectivity index is 1.95. The van der Waals surface area contributed by atoms with Gasteiger partial charge in [-0.2, -0.15) is 0 Å². The van der Waals surface area contributed by atoms with Gasteiger partial charge < -0.3 is 19.9 Å². The van der Waals surface area contributed by atoms with Gasteiger partial charge in [0.05, 0.1) is 24.2 Å². The van der Waals surface area contributed by atoms with Crippen molar-refractivity contribution in [3.05, 3.63) is 52.8 Å². The van der Waals surface area contributed by atoms with Crippen molar-refractivity contribution in [3.8, 4) is 0 Å². The van der Waals surface area contributed by atoms with Gasteiger partial charge in [0.1, 0.15) is 0 Å². The van der Waals surface area contributed by atoms with Crippen LogP contribution >= 0.6 is 11.6 Å². The highest BCUT2D eigenvalue weighted by Gasteiger charge is 2.11. The van der Waals surface area contributed by atoms with Crippen molar-refractivity contribution in [2.75, 3.05) is 12.4 Å². The molecule has 1 aromatic heterocycles. The molecule has 2 rings (SSSR count). The molecule has 0 aliphatic heterocycles. The Labute approximate surface area is 133 Å². The van der Waals surface area contributed by atoms with Crippen LogP contribution in [0.25, 0.3) is 0 Å². The van der Waals surface area contributed by atoms with Gasteiger partial charge >= 0.3 is 12.0 Å². The van der Waals surface area contributed by atoms with E-state index in [2.05, 4.69) is 15.4 Å². The topological polar surface area (TPSA) is 72.4 Å².